The van der Waals surface area contributed by atoms with Crippen LogP contribution in [-0.2, 0) is 16.4 Å². The van der Waals surface area contributed by atoms with E-state index in [9.17, 15) is 8.42 Å². The van der Waals surface area contributed by atoms with Gasteiger partial charge >= 0.3 is 0 Å². The summed E-state index contributed by atoms with van der Waals surface area (Å²) in [7, 11) is -2.96. The van der Waals surface area contributed by atoms with Gasteiger partial charge in [0.2, 0.25) is 0 Å². The molecule has 0 N–H and O–H groups in total. The second kappa shape index (κ2) is 5.69. The van der Waals surface area contributed by atoms with Gasteiger partial charge in [0.15, 0.2) is 5.65 Å². The van der Waals surface area contributed by atoms with Gasteiger partial charge < -0.3 is 4.57 Å². The predicted molar refractivity (Wildman–Crippen MR) is 80.9 cm³/mol. The fourth-order valence-corrected chi connectivity index (χ4v) is 2.96. The Bertz CT molecular complexity index is 723. The average molecular weight is 316 g/mol. The van der Waals surface area contributed by atoms with Crippen molar-refractivity contribution in [1.29, 1.82) is 0 Å². The third kappa shape index (κ3) is 3.49. The minimum Gasteiger partial charge on any atom is -0.311 e. The van der Waals surface area contributed by atoms with Gasteiger partial charge in [-0.1, -0.05) is 0 Å². The molecule has 0 amide bonds. The predicted octanol–water partition coefficient (Wildman–Crippen LogP) is 2.47. The van der Waals surface area contributed by atoms with Crippen LogP contribution in [-0.4, -0.2) is 35.0 Å². The Balaban J connectivity index is 2.36. The molecule has 110 valence electrons. The highest BCUT2D eigenvalue weighted by atomic mass is 35.5. The summed E-state index contributed by atoms with van der Waals surface area (Å²) in [4.78, 5) is 8.90. The second-order valence-corrected chi connectivity index (χ2v) is 7.99. The lowest BCUT2D eigenvalue weighted by molar-refractivity contribution is 0.589. The van der Waals surface area contributed by atoms with Crippen molar-refractivity contribution in [3.05, 3.63) is 23.7 Å². The van der Waals surface area contributed by atoms with Crippen LogP contribution in [0.5, 0.6) is 0 Å². The molecule has 0 bridgehead atoms. The van der Waals surface area contributed by atoms with E-state index >= 15 is 0 Å². The first-order valence-corrected chi connectivity index (χ1v) is 8.92. The SMILES string of the molecule is Cc1cnc2c(c1)nc(C(C)Cl)n2CCCS(C)(=O)=O. The smallest absolute Gasteiger partial charge is 0.160 e. The van der Waals surface area contributed by atoms with Crippen molar-refractivity contribution >= 4 is 32.6 Å². The van der Waals surface area contributed by atoms with Crippen molar-refractivity contribution in [3.8, 4) is 0 Å². The molecule has 7 heteroatoms. The molecule has 0 spiro atoms. The van der Waals surface area contributed by atoms with Crippen molar-refractivity contribution in [2.45, 2.75) is 32.2 Å². The number of hydrogen-bond acceptors (Lipinski definition) is 4. The molecule has 0 aliphatic rings. The third-order valence-electron chi connectivity index (χ3n) is 3.00. The summed E-state index contributed by atoms with van der Waals surface area (Å²) in [5.41, 5.74) is 2.59. The molecule has 0 aliphatic carbocycles. The van der Waals surface area contributed by atoms with E-state index in [2.05, 4.69) is 9.97 Å². The zero-order chi connectivity index (χ0) is 14.9. The highest BCUT2D eigenvalue weighted by Gasteiger charge is 2.16. The van der Waals surface area contributed by atoms with E-state index in [1.165, 1.54) is 6.26 Å². The zero-order valence-electron chi connectivity index (χ0n) is 11.8. The van der Waals surface area contributed by atoms with Crippen LogP contribution in [0.3, 0.4) is 0 Å². The summed E-state index contributed by atoms with van der Waals surface area (Å²) in [5.74, 6) is 0.877. The Morgan fingerprint density at radius 3 is 2.75 bits per heavy atom. The van der Waals surface area contributed by atoms with Gasteiger partial charge in [0, 0.05) is 19.0 Å². The number of fused-ring (bicyclic) bond motifs is 1. The number of sulfone groups is 1. The fourth-order valence-electron chi connectivity index (χ4n) is 2.14. The number of pyridine rings is 1. The van der Waals surface area contributed by atoms with E-state index in [0.29, 0.717) is 13.0 Å². The third-order valence-corrected chi connectivity index (χ3v) is 4.23. The van der Waals surface area contributed by atoms with Gasteiger partial charge in [0.1, 0.15) is 21.2 Å². The number of rotatable bonds is 5. The summed E-state index contributed by atoms with van der Waals surface area (Å²) < 4.78 is 24.4. The van der Waals surface area contributed by atoms with Crippen LogP contribution in [0.4, 0.5) is 0 Å². The van der Waals surface area contributed by atoms with Crippen molar-refractivity contribution in [2.24, 2.45) is 0 Å². The van der Waals surface area contributed by atoms with Gasteiger partial charge in [0.05, 0.1) is 11.1 Å². The van der Waals surface area contributed by atoms with Crippen LogP contribution in [0.1, 0.15) is 30.1 Å². The molecular formula is C13H18ClN3O2S. The Morgan fingerprint density at radius 2 is 2.15 bits per heavy atom. The minimum atomic E-state index is -2.96. The van der Waals surface area contributed by atoms with Crippen LogP contribution in [0.15, 0.2) is 12.3 Å². The second-order valence-electron chi connectivity index (χ2n) is 5.08. The van der Waals surface area contributed by atoms with Gasteiger partial charge in [-0.05, 0) is 31.9 Å². The lowest BCUT2D eigenvalue weighted by atomic mass is 10.3. The summed E-state index contributed by atoms with van der Waals surface area (Å²) in [5, 5.41) is -0.247. The maximum atomic E-state index is 11.2. The number of aryl methyl sites for hydroxylation is 2. The molecule has 0 saturated heterocycles. The lowest BCUT2D eigenvalue weighted by Crippen LogP contribution is -2.10. The van der Waals surface area contributed by atoms with Gasteiger partial charge in [-0.15, -0.1) is 11.6 Å². The topological polar surface area (TPSA) is 64.8 Å². The first-order valence-electron chi connectivity index (χ1n) is 6.42. The van der Waals surface area contributed by atoms with E-state index in [4.69, 9.17) is 11.6 Å². The van der Waals surface area contributed by atoms with Crippen LogP contribution in [0.25, 0.3) is 11.2 Å². The quantitative estimate of drug-likeness (QED) is 0.795. The average Bonchev–Trinajstić information content (AvgIpc) is 2.66. The normalized spacial score (nSPS) is 13.8. The van der Waals surface area contributed by atoms with Crippen LogP contribution >= 0.6 is 11.6 Å². The van der Waals surface area contributed by atoms with E-state index in [1.54, 1.807) is 6.20 Å². The molecule has 5 nitrogen and oxygen atoms in total. The maximum Gasteiger partial charge on any atom is 0.160 e. The lowest BCUT2D eigenvalue weighted by Gasteiger charge is -2.09. The molecule has 0 aliphatic heterocycles. The summed E-state index contributed by atoms with van der Waals surface area (Å²) in [6.45, 7) is 4.35. The molecule has 0 radical (unpaired) electrons. The van der Waals surface area contributed by atoms with Crippen LogP contribution < -0.4 is 0 Å². The largest absolute Gasteiger partial charge is 0.311 e. The van der Waals surface area contributed by atoms with Gasteiger partial charge in [-0.3, -0.25) is 0 Å². The Labute approximate surface area is 123 Å². The molecule has 0 fully saturated rings. The summed E-state index contributed by atoms with van der Waals surface area (Å²) >= 11 is 6.16. The molecule has 0 saturated carbocycles. The van der Waals surface area contributed by atoms with E-state index in [-0.39, 0.29) is 11.1 Å². The first-order chi connectivity index (χ1) is 9.28. The van der Waals surface area contributed by atoms with Crippen molar-refractivity contribution < 1.29 is 8.42 Å². The maximum absolute atomic E-state index is 11.2. The molecule has 20 heavy (non-hydrogen) atoms. The van der Waals surface area contributed by atoms with Gasteiger partial charge in [0.25, 0.3) is 0 Å². The van der Waals surface area contributed by atoms with Crippen LogP contribution in [0, 0.1) is 6.92 Å². The van der Waals surface area contributed by atoms with Crippen LogP contribution in [0.2, 0.25) is 0 Å². The van der Waals surface area contributed by atoms with E-state index in [1.807, 2.05) is 24.5 Å². The molecule has 2 aromatic heterocycles. The molecule has 0 aromatic carbocycles. The van der Waals surface area contributed by atoms with Crippen molar-refractivity contribution in [2.75, 3.05) is 12.0 Å². The number of imidazole rings is 1. The number of alkyl halides is 1. The zero-order valence-corrected chi connectivity index (χ0v) is 13.4. The van der Waals surface area contributed by atoms with Gasteiger partial charge in [-0.2, -0.15) is 0 Å². The van der Waals surface area contributed by atoms with Crippen molar-refractivity contribution in [3.63, 3.8) is 0 Å². The molecule has 1 atom stereocenters. The Morgan fingerprint density at radius 1 is 1.45 bits per heavy atom. The highest BCUT2D eigenvalue weighted by Crippen LogP contribution is 2.24. The molecule has 1 unspecified atom stereocenters. The van der Waals surface area contributed by atoms with Crippen molar-refractivity contribution in [1.82, 2.24) is 14.5 Å². The monoisotopic (exact) mass is 315 g/mol. The first kappa shape index (κ1) is 15.3. The van der Waals surface area contributed by atoms with E-state index in [0.717, 1.165) is 22.6 Å². The molecule has 2 heterocycles. The fraction of sp³-hybridized carbons (Fsp3) is 0.538. The van der Waals surface area contributed by atoms with E-state index < -0.39 is 9.84 Å². The summed E-state index contributed by atoms with van der Waals surface area (Å²) in [6, 6.07) is 1.96. The molecule has 2 aromatic rings. The summed E-state index contributed by atoms with van der Waals surface area (Å²) in [6.07, 6.45) is 3.54. The molecular weight excluding hydrogens is 298 g/mol. The Kier molecular flexibility index (Phi) is 4.34. The minimum absolute atomic E-state index is 0.147. The standard InChI is InChI=1S/C13H18ClN3O2S/c1-9-7-11-13(15-8-9)17(12(16-11)10(2)14)5-4-6-20(3,18)19/h7-8,10H,4-6H2,1-3H3. The number of hydrogen-bond donors (Lipinski definition) is 0. The number of halogens is 1. The van der Waals surface area contributed by atoms with Gasteiger partial charge in [-0.25, -0.2) is 18.4 Å². The highest BCUT2D eigenvalue weighted by molar-refractivity contribution is 7.90. The number of nitrogens with zero attached hydrogens (tertiary/aromatic N) is 3. The Hall–Kier alpha value is -1.14. The number of aromatic nitrogens is 3. The molecule has 2 rings (SSSR count).